The fourth-order valence-corrected chi connectivity index (χ4v) is 6.25. The van der Waals surface area contributed by atoms with Crippen LogP contribution in [0.25, 0.3) is 0 Å². The standard InChI is InChI=1S/C13H22N2.C10H16O4S.C6H10O4S2.C6H10O3/c1-3-7-12(8-4-1)14-11-15-13-9-5-2-6-10-13;1-8(2)10(12)14-6-5-13-9(11)4-7-15-3;7-5(8)1-3-11-12-4-2-6(9)10;1-5(2)6(8)9-4-3-7/h12-13H,1-10H2;1,4-7H2,2-3H3;1-4H2,(H,7,8)(H,9,10);7H,1,3-4H2,2H3. The van der Waals surface area contributed by atoms with Crippen molar-refractivity contribution in [3.05, 3.63) is 24.3 Å². The highest BCUT2D eigenvalue weighted by Crippen LogP contribution is 2.23. The van der Waals surface area contributed by atoms with E-state index in [0.717, 1.165) is 5.75 Å². The first-order valence-corrected chi connectivity index (χ1v) is 20.9. The van der Waals surface area contributed by atoms with E-state index in [1.165, 1.54) is 85.8 Å². The third-order valence-corrected chi connectivity index (χ3v) is 9.64. The molecule has 0 aliphatic heterocycles. The van der Waals surface area contributed by atoms with Crippen molar-refractivity contribution >= 4 is 69.2 Å². The van der Waals surface area contributed by atoms with Crippen molar-refractivity contribution in [2.24, 2.45) is 9.98 Å². The van der Waals surface area contributed by atoms with Crippen molar-refractivity contribution in [1.29, 1.82) is 0 Å². The lowest BCUT2D eigenvalue weighted by atomic mass is 9.96. The molecule has 0 radical (unpaired) electrons. The molecule has 0 heterocycles. The number of carboxylic acids is 2. The number of thioether (sulfide) groups is 1. The smallest absolute Gasteiger partial charge is 0.333 e. The summed E-state index contributed by atoms with van der Waals surface area (Å²) in [5.74, 6) is -1.03. The quantitative estimate of drug-likeness (QED) is 0.0315. The average molecular weight is 779 g/mol. The Kier molecular flexibility index (Phi) is 35.1. The number of nitrogens with zero attached hydrogens (tertiary/aromatic N) is 2. The van der Waals surface area contributed by atoms with Gasteiger partial charge in [-0.25, -0.2) is 19.6 Å². The molecule has 0 unspecified atom stereocenters. The number of aliphatic imine (C=N–C) groups is 2. The molecule has 0 atom stereocenters. The van der Waals surface area contributed by atoms with E-state index >= 15 is 0 Å². The second-order valence-corrected chi connectivity index (χ2v) is 15.1. The van der Waals surface area contributed by atoms with Gasteiger partial charge in [0.05, 0.1) is 44.0 Å². The molecule has 13 nitrogen and oxygen atoms in total. The predicted octanol–water partition coefficient (Wildman–Crippen LogP) is 6.64. The number of rotatable bonds is 19. The molecule has 0 bridgehead atoms. The number of esters is 3. The van der Waals surface area contributed by atoms with E-state index in [1.54, 1.807) is 25.6 Å². The summed E-state index contributed by atoms with van der Waals surface area (Å²) < 4.78 is 14.0. The number of hydrogen-bond acceptors (Lipinski definition) is 14. The molecule has 2 fully saturated rings. The fourth-order valence-electron chi connectivity index (χ4n) is 3.92. The van der Waals surface area contributed by atoms with Crippen LogP contribution in [-0.4, -0.2) is 113 Å². The number of ether oxygens (including phenoxy) is 3. The van der Waals surface area contributed by atoms with Crippen LogP contribution in [0.15, 0.2) is 34.3 Å². The van der Waals surface area contributed by atoms with E-state index in [9.17, 15) is 24.0 Å². The molecule has 292 valence electrons. The lowest BCUT2D eigenvalue weighted by Gasteiger charge is -2.17. The summed E-state index contributed by atoms with van der Waals surface area (Å²) in [6, 6.07) is 4.04. The second-order valence-electron chi connectivity index (χ2n) is 11.4. The van der Waals surface area contributed by atoms with Crippen molar-refractivity contribution in [3.63, 3.8) is 0 Å². The zero-order chi connectivity index (χ0) is 38.7. The maximum Gasteiger partial charge on any atom is 0.333 e. The highest BCUT2D eigenvalue weighted by molar-refractivity contribution is 8.76. The van der Waals surface area contributed by atoms with Gasteiger partial charge in [-0.05, 0) is 45.8 Å². The number of carbonyl (C=O) groups excluding carboxylic acids is 3. The highest BCUT2D eigenvalue weighted by atomic mass is 33.1. The Balaban J connectivity index is 0. The minimum atomic E-state index is -0.818. The molecular formula is C35H58N2O11S3. The first-order valence-electron chi connectivity index (χ1n) is 17.1. The van der Waals surface area contributed by atoms with Crippen molar-refractivity contribution in [1.82, 2.24) is 0 Å². The lowest BCUT2D eigenvalue weighted by molar-refractivity contribution is -0.149. The lowest BCUT2D eigenvalue weighted by Crippen LogP contribution is -2.14. The average Bonchev–Trinajstić information content (AvgIpc) is 3.11. The van der Waals surface area contributed by atoms with Crippen LogP contribution in [0.3, 0.4) is 0 Å². The van der Waals surface area contributed by atoms with Crippen LogP contribution in [0.5, 0.6) is 0 Å². The van der Waals surface area contributed by atoms with Crippen molar-refractivity contribution in [2.45, 2.75) is 109 Å². The van der Waals surface area contributed by atoms with Gasteiger partial charge < -0.3 is 29.5 Å². The van der Waals surface area contributed by atoms with Gasteiger partial charge in [0.15, 0.2) is 0 Å². The second kappa shape index (κ2) is 35.6. The largest absolute Gasteiger partial charge is 0.481 e. The molecule has 0 aromatic carbocycles. The molecule has 0 saturated heterocycles. The number of carboxylic acid groups (broad SMARTS) is 2. The Hall–Kier alpha value is -2.78. The number of hydrogen-bond donors (Lipinski definition) is 3. The van der Waals surface area contributed by atoms with Gasteiger partial charge in [-0.1, -0.05) is 73.3 Å². The van der Waals surface area contributed by atoms with E-state index in [4.69, 9.17) is 24.8 Å². The Morgan fingerprint density at radius 1 is 0.667 bits per heavy atom. The molecular weight excluding hydrogens is 721 g/mol. The number of aliphatic carboxylic acids is 2. The molecule has 0 amide bonds. The molecule has 0 spiro atoms. The molecule has 2 aliphatic rings. The van der Waals surface area contributed by atoms with Gasteiger partial charge >= 0.3 is 29.8 Å². The molecule has 16 heteroatoms. The monoisotopic (exact) mass is 778 g/mol. The SMILES string of the molecule is C(=NC1CCCCC1)=NC1CCCCC1.C=C(C)C(=O)OCCO.C=C(C)C(=O)OCCOC(=O)CCSC.O=C(O)CCSSCCC(=O)O. The molecule has 51 heavy (non-hydrogen) atoms. The highest BCUT2D eigenvalue weighted by Gasteiger charge is 2.13. The first-order chi connectivity index (χ1) is 24.3. The van der Waals surface area contributed by atoms with Gasteiger partial charge in [0, 0.05) is 28.4 Å². The topological polar surface area (TPSA) is 198 Å². The van der Waals surface area contributed by atoms with Crippen LogP contribution in [-0.2, 0) is 38.2 Å². The van der Waals surface area contributed by atoms with Crippen LogP contribution < -0.4 is 0 Å². The van der Waals surface area contributed by atoms with Crippen molar-refractivity contribution in [2.75, 3.05) is 49.9 Å². The predicted molar refractivity (Wildman–Crippen MR) is 206 cm³/mol. The summed E-state index contributed by atoms with van der Waals surface area (Å²) in [5, 5.41) is 24.7. The Labute approximate surface area is 315 Å². The molecule has 2 aliphatic carbocycles. The van der Waals surface area contributed by atoms with Gasteiger partial charge in [0.25, 0.3) is 0 Å². The van der Waals surface area contributed by atoms with Gasteiger partial charge in [-0.15, -0.1) is 0 Å². The van der Waals surface area contributed by atoms with Crippen molar-refractivity contribution in [3.8, 4) is 0 Å². The Bertz CT molecular complexity index is 1050. The molecule has 2 rings (SSSR count). The molecule has 2 saturated carbocycles. The van der Waals surface area contributed by atoms with E-state index < -0.39 is 23.9 Å². The molecule has 0 aromatic rings. The zero-order valence-corrected chi connectivity index (χ0v) is 32.9. The van der Waals surface area contributed by atoms with Crippen LogP contribution in [0, 0.1) is 0 Å². The summed E-state index contributed by atoms with van der Waals surface area (Å²) in [7, 11) is 2.79. The molecule has 3 N–H and O–H groups in total. The van der Waals surface area contributed by atoms with Gasteiger partial charge in [0.1, 0.15) is 19.8 Å². The summed E-state index contributed by atoms with van der Waals surface area (Å²) in [4.78, 5) is 61.3. The molecule has 0 aromatic heterocycles. The maximum atomic E-state index is 11.0. The first kappa shape index (κ1) is 50.3. The number of carbonyl (C=O) groups is 5. The van der Waals surface area contributed by atoms with E-state index in [-0.39, 0.29) is 45.2 Å². The normalized spacial score (nSPS) is 13.8. The van der Waals surface area contributed by atoms with E-state index in [1.807, 2.05) is 6.26 Å². The minimum absolute atomic E-state index is 0.0473. The van der Waals surface area contributed by atoms with E-state index in [0.29, 0.717) is 41.2 Å². The third kappa shape index (κ3) is 36.8. The summed E-state index contributed by atoms with van der Waals surface area (Å²) >= 11 is 1.58. The third-order valence-electron chi connectivity index (χ3n) is 6.62. The Morgan fingerprint density at radius 2 is 1.08 bits per heavy atom. The van der Waals surface area contributed by atoms with Crippen LogP contribution in [0.4, 0.5) is 0 Å². The summed E-state index contributed by atoms with van der Waals surface area (Å²) in [6.45, 7) is 9.98. The van der Waals surface area contributed by atoms with Crippen LogP contribution in [0.1, 0.15) is 97.3 Å². The zero-order valence-electron chi connectivity index (χ0n) is 30.4. The fraction of sp³-hybridized carbons (Fsp3) is 0.714. The van der Waals surface area contributed by atoms with Gasteiger partial charge in [-0.3, -0.25) is 14.4 Å². The van der Waals surface area contributed by atoms with Crippen LogP contribution >= 0.6 is 33.3 Å². The number of aliphatic hydroxyl groups is 1. The van der Waals surface area contributed by atoms with E-state index in [2.05, 4.69) is 33.9 Å². The number of aliphatic hydroxyl groups excluding tert-OH is 1. The van der Waals surface area contributed by atoms with Crippen LogP contribution in [0.2, 0.25) is 0 Å². The Morgan fingerprint density at radius 3 is 1.45 bits per heavy atom. The summed E-state index contributed by atoms with van der Waals surface area (Å²) in [5.41, 5.74) is 0.687. The van der Waals surface area contributed by atoms with Gasteiger partial charge in [-0.2, -0.15) is 11.8 Å². The van der Waals surface area contributed by atoms with Crippen molar-refractivity contribution < 1.29 is 53.5 Å². The summed E-state index contributed by atoms with van der Waals surface area (Å²) in [6.07, 6.45) is 15.8. The minimum Gasteiger partial charge on any atom is -0.481 e. The maximum absolute atomic E-state index is 11.0. The van der Waals surface area contributed by atoms with Gasteiger partial charge in [0.2, 0.25) is 0 Å².